The van der Waals surface area contributed by atoms with Crippen molar-refractivity contribution in [3.63, 3.8) is 0 Å². The quantitative estimate of drug-likeness (QED) is 0.341. The number of anilines is 3. The summed E-state index contributed by atoms with van der Waals surface area (Å²) >= 11 is 0. The van der Waals surface area contributed by atoms with Gasteiger partial charge in [0.2, 0.25) is 0 Å². The zero-order valence-electron chi connectivity index (χ0n) is 17.1. The molecule has 0 bridgehead atoms. The van der Waals surface area contributed by atoms with Gasteiger partial charge in [-0.15, -0.1) is 0 Å². The average Bonchev–Trinajstić information content (AvgIpc) is 2.79. The summed E-state index contributed by atoms with van der Waals surface area (Å²) in [6.07, 6.45) is 5.03. The molecule has 4 N–H and O–H groups in total. The third-order valence-corrected chi connectivity index (χ3v) is 4.96. The van der Waals surface area contributed by atoms with Crippen LogP contribution in [-0.4, -0.2) is 21.8 Å². The van der Waals surface area contributed by atoms with Gasteiger partial charge in [-0.1, -0.05) is 12.1 Å². The number of amides is 2. The zero-order chi connectivity index (χ0) is 22.7. The third-order valence-electron chi connectivity index (χ3n) is 4.96. The summed E-state index contributed by atoms with van der Waals surface area (Å²) in [5, 5.41) is 15.5. The Labute approximate surface area is 183 Å². The highest BCUT2D eigenvalue weighted by Gasteiger charge is 2.17. The molecular weight excluding hydrogens is 404 g/mol. The van der Waals surface area contributed by atoms with Gasteiger partial charge in [-0.05, 0) is 59.8 Å². The Morgan fingerprint density at radius 1 is 1.03 bits per heavy atom. The number of aromatic nitrogens is 2. The molecule has 2 heterocycles. The maximum absolute atomic E-state index is 12.4. The maximum Gasteiger partial charge on any atom is 0.315 e. The lowest BCUT2D eigenvalue weighted by molar-refractivity contribution is -0.133. The number of nitrogens with zero attached hydrogens (tertiary/aromatic N) is 3. The lowest BCUT2D eigenvalue weighted by Crippen LogP contribution is -2.29. The molecule has 0 fully saturated rings. The molecule has 0 aliphatic heterocycles. The Bertz CT molecular complexity index is 1410. The molecule has 0 aliphatic carbocycles. The predicted octanol–water partition coefficient (Wildman–Crippen LogP) is 3.64. The number of hydrogen-bond donors (Lipinski definition) is 3. The Balaban J connectivity index is 1.59. The lowest BCUT2D eigenvalue weighted by atomic mass is 9.99. The molecule has 156 valence electrons. The SMILES string of the molecule is Cc1ccncc1-c1cc(N)c2cnc(NC(=O)C(=O)Nc3ccccc3C#N)cc2c1. The first-order valence-corrected chi connectivity index (χ1v) is 9.68. The second kappa shape index (κ2) is 8.53. The number of nitrogens with two attached hydrogens (primary N) is 1. The number of pyridine rings is 2. The number of carbonyl (C=O) groups is 2. The molecule has 0 atom stereocenters. The normalized spacial score (nSPS) is 10.4. The van der Waals surface area contributed by atoms with E-state index < -0.39 is 11.8 Å². The molecule has 2 aromatic carbocycles. The fourth-order valence-electron chi connectivity index (χ4n) is 3.32. The second-order valence-corrected chi connectivity index (χ2v) is 7.11. The largest absolute Gasteiger partial charge is 0.398 e. The zero-order valence-corrected chi connectivity index (χ0v) is 17.1. The van der Waals surface area contributed by atoms with Crippen molar-refractivity contribution >= 4 is 39.8 Å². The summed E-state index contributed by atoms with van der Waals surface area (Å²) in [6, 6.07) is 15.7. The van der Waals surface area contributed by atoms with Crippen LogP contribution in [0.3, 0.4) is 0 Å². The molecule has 0 aliphatic rings. The fourth-order valence-corrected chi connectivity index (χ4v) is 3.32. The number of benzene rings is 2. The summed E-state index contributed by atoms with van der Waals surface area (Å²) < 4.78 is 0. The summed E-state index contributed by atoms with van der Waals surface area (Å²) in [6.45, 7) is 1.98. The molecule has 0 unspecified atom stereocenters. The molecule has 4 aromatic rings. The molecule has 4 rings (SSSR count). The number of para-hydroxylation sites is 1. The summed E-state index contributed by atoms with van der Waals surface area (Å²) in [5.41, 5.74) is 10.1. The van der Waals surface area contributed by atoms with Crippen LogP contribution in [-0.2, 0) is 9.59 Å². The molecule has 0 radical (unpaired) electrons. The van der Waals surface area contributed by atoms with E-state index in [1.165, 1.54) is 0 Å². The molecule has 0 saturated heterocycles. The summed E-state index contributed by atoms with van der Waals surface area (Å²) in [7, 11) is 0. The number of aryl methyl sites for hydroxylation is 1. The summed E-state index contributed by atoms with van der Waals surface area (Å²) in [5.74, 6) is -1.61. The number of fused-ring (bicyclic) bond motifs is 1. The van der Waals surface area contributed by atoms with E-state index in [1.54, 1.807) is 48.9 Å². The van der Waals surface area contributed by atoms with Gasteiger partial charge in [-0.2, -0.15) is 5.26 Å². The molecule has 2 aromatic heterocycles. The molecule has 8 nitrogen and oxygen atoms in total. The van der Waals surface area contributed by atoms with Crippen molar-refractivity contribution in [1.29, 1.82) is 5.26 Å². The standard InChI is InChI=1S/C24H18N6O2/c1-14-6-7-27-12-18(14)16-8-17-10-22(28-13-19(17)20(26)9-16)30-24(32)23(31)29-21-5-3-2-4-15(21)11-25/h2-10,12-13H,26H2,1H3,(H,29,31)(H,28,30,32). The van der Waals surface area contributed by atoms with Crippen LogP contribution >= 0.6 is 0 Å². The molecular formula is C24H18N6O2. The van der Waals surface area contributed by atoms with Crippen molar-refractivity contribution < 1.29 is 9.59 Å². The van der Waals surface area contributed by atoms with Gasteiger partial charge in [0.25, 0.3) is 0 Å². The number of nitrogen functional groups attached to an aromatic ring is 1. The van der Waals surface area contributed by atoms with Crippen molar-refractivity contribution in [3.8, 4) is 17.2 Å². The lowest BCUT2D eigenvalue weighted by Gasteiger charge is -2.11. The molecule has 32 heavy (non-hydrogen) atoms. The fraction of sp³-hybridized carbons (Fsp3) is 0.0417. The number of carbonyl (C=O) groups excluding carboxylic acids is 2. The van der Waals surface area contributed by atoms with Gasteiger partial charge in [0.15, 0.2) is 0 Å². The van der Waals surface area contributed by atoms with Crippen LogP contribution in [0.1, 0.15) is 11.1 Å². The number of rotatable bonds is 3. The Hall–Kier alpha value is -4.77. The van der Waals surface area contributed by atoms with Crippen LogP contribution in [0.4, 0.5) is 17.2 Å². The number of hydrogen-bond acceptors (Lipinski definition) is 6. The van der Waals surface area contributed by atoms with E-state index >= 15 is 0 Å². The van der Waals surface area contributed by atoms with Crippen molar-refractivity contribution in [1.82, 2.24) is 9.97 Å². The minimum Gasteiger partial charge on any atom is -0.398 e. The van der Waals surface area contributed by atoms with E-state index in [9.17, 15) is 9.59 Å². The predicted molar refractivity (Wildman–Crippen MR) is 123 cm³/mol. The van der Waals surface area contributed by atoms with E-state index in [0.717, 1.165) is 27.5 Å². The Morgan fingerprint density at radius 3 is 2.59 bits per heavy atom. The van der Waals surface area contributed by atoms with Crippen molar-refractivity contribution in [2.45, 2.75) is 6.92 Å². The van der Waals surface area contributed by atoms with Gasteiger partial charge >= 0.3 is 11.8 Å². The smallest absolute Gasteiger partial charge is 0.315 e. The van der Waals surface area contributed by atoms with Gasteiger partial charge in [0, 0.05) is 35.2 Å². The van der Waals surface area contributed by atoms with Crippen LogP contribution in [0.5, 0.6) is 0 Å². The van der Waals surface area contributed by atoms with Crippen LogP contribution in [0.25, 0.3) is 21.9 Å². The van der Waals surface area contributed by atoms with Crippen molar-refractivity contribution in [2.24, 2.45) is 0 Å². The second-order valence-electron chi connectivity index (χ2n) is 7.11. The van der Waals surface area contributed by atoms with Crippen molar-refractivity contribution in [3.05, 3.63) is 78.2 Å². The highest BCUT2D eigenvalue weighted by Crippen LogP contribution is 2.31. The Morgan fingerprint density at radius 2 is 1.81 bits per heavy atom. The highest BCUT2D eigenvalue weighted by atomic mass is 16.2. The van der Waals surface area contributed by atoms with Crippen LogP contribution in [0.2, 0.25) is 0 Å². The average molecular weight is 422 g/mol. The van der Waals surface area contributed by atoms with Gasteiger partial charge in [-0.25, -0.2) is 4.98 Å². The summed E-state index contributed by atoms with van der Waals surface area (Å²) in [4.78, 5) is 33.0. The monoisotopic (exact) mass is 422 g/mol. The van der Waals surface area contributed by atoms with Gasteiger partial charge < -0.3 is 16.4 Å². The van der Waals surface area contributed by atoms with E-state index in [1.807, 2.05) is 31.2 Å². The van der Waals surface area contributed by atoms with Crippen LogP contribution in [0, 0.1) is 18.3 Å². The molecule has 8 heteroatoms. The number of nitriles is 1. The van der Waals surface area contributed by atoms with E-state index in [0.29, 0.717) is 5.69 Å². The molecule has 2 amide bonds. The van der Waals surface area contributed by atoms with Gasteiger partial charge in [0.1, 0.15) is 11.9 Å². The number of nitrogens with one attached hydrogen (secondary N) is 2. The first kappa shape index (κ1) is 20.5. The molecule has 0 saturated carbocycles. The van der Waals surface area contributed by atoms with Gasteiger partial charge in [-0.3, -0.25) is 14.6 Å². The van der Waals surface area contributed by atoms with Crippen LogP contribution in [0.15, 0.2) is 67.1 Å². The van der Waals surface area contributed by atoms with E-state index in [-0.39, 0.29) is 17.1 Å². The van der Waals surface area contributed by atoms with Gasteiger partial charge in [0.05, 0.1) is 11.3 Å². The van der Waals surface area contributed by atoms with Crippen LogP contribution < -0.4 is 16.4 Å². The third kappa shape index (κ3) is 4.08. The maximum atomic E-state index is 12.4. The first-order valence-electron chi connectivity index (χ1n) is 9.68. The minimum atomic E-state index is -0.908. The van der Waals surface area contributed by atoms with Crippen molar-refractivity contribution in [2.75, 3.05) is 16.4 Å². The minimum absolute atomic E-state index is 0.200. The van der Waals surface area contributed by atoms with E-state index in [4.69, 9.17) is 11.0 Å². The van der Waals surface area contributed by atoms with E-state index in [2.05, 4.69) is 20.6 Å². The highest BCUT2D eigenvalue weighted by molar-refractivity contribution is 6.43. The molecule has 0 spiro atoms. The first-order chi connectivity index (χ1) is 15.5. The topological polar surface area (TPSA) is 134 Å². The Kier molecular flexibility index (Phi) is 5.47.